The van der Waals surface area contributed by atoms with Crippen molar-refractivity contribution in [3.8, 4) is 0 Å². The SMILES string of the molecule is C[C@H](CBr)[C@@]12OCC[C@@](C)(CO1)O2. The predicted octanol–water partition coefficient (Wildman–Crippen LogP) is 1.90. The lowest BCUT2D eigenvalue weighted by Crippen LogP contribution is -2.48. The van der Waals surface area contributed by atoms with Gasteiger partial charge in [-0.05, 0) is 6.92 Å². The summed E-state index contributed by atoms with van der Waals surface area (Å²) in [4.78, 5) is 0. The summed E-state index contributed by atoms with van der Waals surface area (Å²) in [6, 6.07) is 0. The van der Waals surface area contributed by atoms with Crippen molar-refractivity contribution < 1.29 is 14.2 Å². The Morgan fingerprint density at radius 1 is 1.46 bits per heavy atom. The van der Waals surface area contributed by atoms with Gasteiger partial charge in [0, 0.05) is 17.7 Å². The third kappa shape index (κ3) is 1.54. The van der Waals surface area contributed by atoms with Crippen molar-refractivity contribution in [2.75, 3.05) is 18.5 Å². The van der Waals surface area contributed by atoms with E-state index in [9.17, 15) is 0 Å². The molecule has 0 saturated carbocycles. The molecule has 0 radical (unpaired) electrons. The second-order valence-electron chi connectivity index (χ2n) is 4.10. The Hall–Kier alpha value is 0.360. The highest BCUT2D eigenvalue weighted by Crippen LogP contribution is 2.43. The van der Waals surface area contributed by atoms with E-state index in [4.69, 9.17) is 14.2 Å². The first-order valence-corrected chi connectivity index (χ1v) is 5.76. The third-order valence-electron chi connectivity index (χ3n) is 2.74. The van der Waals surface area contributed by atoms with Crippen molar-refractivity contribution in [3.63, 3.8) is 0 Å². The molecule has 2 bridgehead atoms. The molecule has 0 spiro atoms. The predicted molar refractivity (Wildman–Crippen MR) is 51.7 cm³/mol. The molecular weight excluding hydrogens is 236 g/mol. The van der Waals surface area contributed by atoms with Crippen molar-refractivity contribution in [1.82, 2.24) is 0 Å². The molecule has 0 aliphatic carbocycles. The van der Waals surface area contributed by atoms with Crippen LogP contribution in [0.5, 0.6) is 0 Å². The molecule has 0 unspecified atom stereocenters. The van der Waals surface area contributed by atoms with Gasteiger partial charge in [-0.2, -0.15) is 0 Å². The van der Waals surface area contributed by atoms with Gasteiger partial charge in [0.1, 0.15) is 0 Å². The van der Waals surface area contributed by atoms with Crippen LogP contribution in [0.25, 0.3) is 0 Å². The maximum absolute atomic E-state index is 5.85. The summed E-state index contributed by atoms with van der Waals surface area (Å²) in [5.74, 6) is -0.564. The van der Waals surface area contributed by atoms with Gasteiger partial charge in [-0.3, -0.25) is 0 Å². The zero-order valence-electron chi connectivity index (χ0n) is 8.01. The average Bonchev–Trinajstić information content (AvgIpc) is 2.37. The van der Waals surface area contributed by atoms with E-state index in [0.717, 1.165) is 18.4 Å². The van der Waals surface area contributed by atoms with Crippen molar-refractivity contribution in [2.24, 2.45) is 5.92 Å². The lowest BCUT2D eigenvalue weighted by atomic mass is 10.0. The zero-order chi connectivity index (χ0) is 9.53. The van der Waals surface area contributed by atoms with Gasteiger partial charge in [0.15, 0.2) is 0 Å². The van der Waals surface area contributed by atoms with Crippen LogP contribution in [0.1, 0.15) is 20.3 Å². The van der Waals surface area contributed by atoms with Crippen molar-refractivity contribution >= 4 is 15.9 Å². The second kappa shape index (κ2) is 3.19. The first kappa shape index (κ1) is 9.90. The van der Waals surface area contributed by atoms with Crippen LogP contribution in [0.4, 0.5) is 0 Å². The zero-order valence-corrected chi connectivity index (χ0v) is 9.59. The van der Waals surface area contributed by atoms with E-state index in [0.29, 0.717) is 6.61 Å². The maximum atomic E-state index is 5.85. The smallest absolute Gasteiger partial charge is 0.287 e. The van der Waals surface area contributed by atoms with Crippen LogP contribution in [0.15, 0.2) is 0 Å². The average molecular weight is 251 g/mol. The normalized spacial score (nSPS) is 46.4. The summed E-state index contributed by atoms with van der Waals surface area (Å²) in [6.07, 6.45) is 0.920. The monoisotopic (exact) mass is 250 g/mol. The summed E-state index contributed by atoms with van der Waals surface area (Å²) in [5, 5.41) is 0.822. The first-order chi connectivity index (χ1) is 6.10. The van der Waals surface area contributed by atoms with E-state index in [-0.39, 0.29) is 11.5 Å². The molecule has 2 rings (SSSR count). The number of alkyl halides is 1. The topological polar surface area (TPSA) is 27.7 Å². The van der Waals surface area contributed by atoms with E-state index in [1.165, 1.54) is 0 Å². The second-order valence-corrected chi connectivity index (χ2v) is 4.75. The van der Waals surface area contributed by atoms with Gasteiger partial charge in [-0.1, -0.05) is 22.9 Å². The van der Waals surface area contributed by atoms with Crippen molar-refractivity contribution in [3.05, 3.63) is 0 Å². The van der Waals surface area contributed by atoms with E-state index >= 15 is 0 Å². The molecule has 2 aliphatic rings. The van der Waals surface area contributed by atoms with E-state index in [2.05, 4.69) is 29.8 Å². The number of ether oxygens (including phenoxy) is 3. The molecule has 0 aromatic heterocycles. The third-order valence-corrected chi connectivity index (χ3v) is 3.71. The minimum absolute atomic E-state index is 0.130. The van der Waals surface area contributed by atoms with Crippen LogP contribution < -0.4 is 0 Å². The van der Waals surface area contributed by atoms with Crippen LogP contribution in [0, 0.1) is 5.92 Å². The van der Waals surface area contributed by atoms with Crippen molar-refractivity contribution in [2.45, 2.75) is 31.8 Å². The van der Waals surface area contributed by atoms with Crippen LogP contribution in [-0.4, -0.2) is 30.1 Å². The van der Waals surface area contributed by atoms with Gasteiger partial charge in [0.25, 0.3) is 5.97 Å². The Labute approximate surface area is 86.9 Å². The summed E-state index contributed by atoms with van der Waals surface area (Å²) < 4.78 is 17.1. The van der Waals surface area contributed by atoms with Gasteiger partial charge in [0.05, 0.1) is 18.8 Å². The maximum Gasteiger partial charge on any atom is 0.287 e. The summed E-state index contributed by atoms with van der Waals surface area (Å²) in [7, 11) is 0. The van der Waals surface area contributed by atoms with E-state index in [1.807, 2.05) is 0 Å². The van der Waals surface area contributed by atoms with Gasteiger partial charge < -0.3 is 14.2 Å². The molecule has 3 nitrogen and oxygen atoms in total. The molecule has 2 saturated heterocycles. The standard InChI is InChI=1S/C9H15BrO3/c1-7(5-10)9-11-4-3-8(2,13-9)6-12-9/h7H,3-6H2,1-2H3/t7-,8+,9-/m1/s1. The van der Waals surface area contributed by atoms with Crippen LogP contribution in [0.2, 0.25) is 0 Å². The largest absolute Gasteiger partial charge is 0.327 e. The molecule has 4 heteroatoms. The summed E-state index contributed by atoms with van der Waals surface area (Å²) >= 11 is 3.42. The van der Waals surface area contributed by atoms with E-state index in [1.54, 1.807) is 0 Å². The molecule has 2 fully saturated rings. The first-order valence-electron chi connectivity index (χ1n) is 4.64. The van der Waals surface area contributed by atoms with Crippen LogP contribution in [-0.2, 0) is 14.2 Å². The van der Waals surface area contributed by atoms with Crippen molar-refractivity contribution in [1.29, 1.82) is 0 Å². The lowest BCUT2D eigenvalue weighted by Gasteiger charge is -2.38. The number of rotatable bonds is 2. The fraction of sp³-hybridized carbons (Fsp3) is 1.00. The molecule has 13 heavy (non-hydrogen) atoms. The van der Waals surface area contributed by atoms with Gasteiger partial charge >= 0.3 is 0 Å². The van der Waals surface area contributed by atoms with Gasteiger partial charge in [-0.15, -0.1) is 0 Å². The Morgan fingerprint density at radius 3 is 2.92 bits per heavy atom. The van der Waals surface area contributed by atoms with Crippen LogP contribution in [0.3, 0.4) is 0 Å². The fourth-order valence-electron chi connectivity index (χ4n) is 1.74. The van der Waals surface area contributed by atoms with E-state index < -0.39 is 5.97 Å². The van der Waals surface area contributed by atoms with Crippen LogP contribution >= 0.6 is 15.9 Å². The minimum atomic E-state index is -0.781. The number of fused-ring (bicyclic) bond motifs is 2. The molecule has 2 heterocycles. The minimum Gasteiger partial charge on any atom is -0.327 e. The molecule has 0 amide bonds. The highest BCUT2D eigenvalue weighted by Gasteiger charge is 2.55. The Balaban J connectivity index is 2.16. The number of hydrogen-bond donors (Lipinski definition) is 0. The molecule has 76 valence electrons. The highest BCUT2D eigenvalue weighted by atomic mass is 79.9. The molecule has 0 aromatic carbocycles. The number of halogens is 1. The fourth-order valence-corrected chi connectivity index (χ4v) is 2.14. The molecule has 0 N–H and O–H groups in total. The lowest BCUT2D eigenvalue weighted by molar-refractivity contribution is -0.385. The molecule has 0 aromatic rings. The van der Waals surface area contributed by atoms with Gasteiger partial charge in [0.2, 0.25) is 0 Å². The van der Waals surface area contributed by atoms with Gasteiger partial charge in [-0.25, -0.2) is 0 Å². The quantitative estimate of drug-likeness (QED) is 0.701. The summed E-state index contributed by atoms with van der Waals surface area (Å²) in [6.45, 7) is 5.52. The Morgan fingerprint density at radius 2 is 2.23 bits per heavy atom. The Kier molecular flexibility index (Phi) is 2.43. The Bertz CT molecular complexity index is 211. The summed E-state index contributed by atoms with van der Waals surface area (Å²) in [5.41, 5.74) is -0.130. The highest BCUT2D eigenvalue weighted by molar-refractivity contribution is 9.09. The molecule has 2 aliphatic heterocycles. The number of hydrogen-bond acceptors (Lipinski definition) is 3. The molecular formula is C9H15BrO3. The molecule has 3 atom stereocenters.